The van der Waals surface area contributed by atoms with Crippen LogP contribution in [0.5, 0.6) is 0 Å². The number of amides is 4. The van der Waals surface area contributed by atoms with Crippen LogP contribution in [0.15, 0.2) is 35.4 Å². The summed E-state index contributed by atoms with van der Waals surface area (Å²) >= 11 is 0. The molecule has 3 heterocycles. The monoisotopic (exact) mass is 872 g/mol. The Balaban J connectivity index is 1.15. The molecule has 6 N–H and O–H groups in total. The minimum atomic E-state index is -3.83. The number of hydrogen-bond donors (Lipinski definition) is 5. The topological polar surface area (TPSA) is 270 Å². The van der Waals surface area contributed by atoms with Gasteiger partial charge in [0.25, 0.3) is 11.8 Å². The number of sulfone groups is 1. The number of nitrogens with one attached hydrogen (secondary N) is 3. The first kappa shape index (κ1) is 43.8. The smallest absolute Gasteiger partial charge is 0.287 e. The zero-order valence-corrected chi connectivity index (χ0v) is 35.7. The number of aromatic nitrogens is 3. The lowest BCUT2D eigenvalue weighted by atomic mass is 9.54. The first-order chi connectivity index (χ1) is 28.2. The van der Waals surface area contributed by atoms with Gasteiger partial charge in [0, 0.05) is 24.6 Å². The fourth-order valence-electron chi connectivity index (χ4n) is 9.93. The van der Waals surface area contributed by atoms with Crippen LogP contribution >= 0.6 is 0 Å². The summed E-state index contributed by atoms with van der Waals surface area (Å²) in [5.41, 5.74) is 2.77. The van der Waals surface area contributed by atoms with Crippen LogP contribution in [0.25, 0.3) is 0 Å². The number of aliphatic hydroxyl groups is 1. The van der Waals surface area contributed by atoms with E-state index >= 15 is 0 Å². The zero-order chi connectivity index (χ0) is 43.3. The van der Waals surface area contributed by atoms with Gasteiger partial charge < -0.3 is 26.4 Å². The van der Waals surface area contributed by atoms with Gasteiger partial charge in [0.1, 0.15) is 23.2 Å². The number of likely N-dealkylation sites (tertiary alicyclic amines) is 1. The van der Waals surface area contributed by atoms with Crippen molar-refractivity contribution in [3.63, 3.8) is 0 Å². The van der Waals surface area contributed by atoms with Gasteiger partial charge >= 0.3 is 0 Å². The largest absolute Gasteiger partial charge is 0.384 e. The van der Waals surface area contributed by atoms with Crippen molar-refractivity contribution in [3.8, 4) is 0 Å². The number of carbonyl (C=O) groups is 5. The number of nitrogens with zero attached hydrogens (tertiary/aromatic N) is 4. The fraction of sp³-hybridized carbons (Fsp3) is 0.675. The molecule has 5 fully saturated rings. The number of hydrogen-bond acceptors (Lipinski definition) is 12. The first-order valence-electron chi connectivity index (χ1n) is 20.9. The Labute approximate surface area is 350 Å². The summed E-state index contributed by atoms with van der Waals surface area (Å²) in [6.45, 7) is 2.95. The summed E-state index contributed by atoms with van der Waals surface area (Å²) in [5.74, 6) is -5.44. The molecule has 328 valence electrons. The molecule has 1 spiro atoms. The molecule has 4 amide bonds. The molecular weight excluding hydrogens is 817 g/mol. The zero-order valence-electron chi connectivity index (χ0n) is 34.1. The Kier molecular flexibility index (Phi) is 12.1. The van der Waals surface area contributed by atoms with Crippen molar-refractivity contribution in [1.82, 2.24) is 35.2 Å². The Morgan fingerprint density at radius 3 is 2.22 bits per heavy atom. The van der Waals surface area contributed by atoms with Gasteiger partial charge in [0.2, 0.25) is 27.6 Å². The molecule has 2 saturated heterocycles. The highest BCUT2D eigenvalue weighted by atomic mass is 32.2. The van der Waals surface area contributed by atoms with Crippen molar-refractivity contribution in [2.45, 2.75) is 144 Å². The van der Waals surface area contributed by atoms with Crippen molar-refractivity contribution >= 4 is 49.3 Å². The molecule has 3 aliphatic carbocycles. The number of sulfonamides is 1. The average Bonchev–Trinajstić information content (AvgIpc) is 3.85. The van der Waals surface area contributed by atoms with Crippen molar-refractivity contribution < 1.29 is 45.9 Å². The third-order valence-electron chi connectivity index (χ3n) is 13.5. The fourth-order valence-corrected chi connectivity index (χ4v) is 12.7. The molecule has 3 atom stereocenters. The second-order valence-corrected chi connectivity index (χ2v) is 22.3. The number of carbonyl (C=O) groups excluding carboxylic acids is 5. The van der Waals surface area contributed by atoms with Gasteiger partial charge in [-0.05, 0) is 94.4 Å². The normalized spacial score (nSPS) is 25.4. The molecule has 18 nitrogen and oxygen atoms in total. The molecule has 1 aromatic heterocycles. The predicted octanol–water partition coefficient (Wildman–Crippen LogP) is 1.15. The highest BCUT2D eigenvalue weighted by Gasteiger charge is 2.51. The Bertz CT molecular complexity index is 2210. The summed E-state index contributed by atoms with van der Waals surface area (Å²) in [6.07, 6.45) is 10.4. The Morgan fingerprint density at radius 2 is 1.63 bits per heavy atom. The van der Waals surface area contributed by atoms with Gasteiger partial charge in [-0.3, -0.25) is 24.0 Å². The van der Waals surface area contributed by atoms with E-state index in [1.54, 1.807) is 0 Å². The Morgan fingerprint density at radius 1 is 0.983 bits per heavy atom. The maximum atomic E-state index is 14.9. The SMILES string of the molecule is CC(C)(O)c1cnnn1[C@H]1C[C@@H](C(=O)NC2(C(=O)C(N)=O)CCS(=O)(=O)CC2)N(C(=O)C(CC2CCCCC2)NC(=O)c2ccc(S(=O)(=O)NC3CC4(CCC4)C3)cc2)C1. The van der Waals surface area contributed by atoms with Crippen LogP contribution in [0.4, 0.5) is 0 Å². The van der Waals surface area contributed by atoms with Crippen molar-refractivity contribution in [1.29, 1.82) is 0 Å². The van der Waals surface area contributed by atoms with Crippen LogP contribution in [0.1, 0.15) is 126 Å². The summed E-state index contributed by atoms with van der Waals surface area (Å²) in [7, 11) is -7.39. The number of benzene rings is 1. The van der Waals surface area contributed by atoms with Crippen LogP contribution in [0.2, 0.25) is 0 Å². The minimum absolute atomic E-state index is 0.0158. The van der Waals surface area contributed by atoms with E-state index in [4.69, 9.17) is 5.73 Å². The van der Waals surface area contributed by atoms with Gasteiger partial charge in [-0.2, -0.15) is 0 Å². The van der Waals surface area contributed by atoms with Crippen LogP contribution < -0.4 is 21.1 Å². The molecule has 60 heavy (non-hydrogen) atoms. The van der Waals surface area contributed by atoms with E-state index in [2.05, 4.69) is 25.7 Å². The number of nitrogens with two attached hydrogens (primary N) is 1. The number of rotatable bonds is 14. The number of primary amides is 1. The molecule has 20 heteroatoms. The number of ketones is 1. The van der Waals surface area contributed by atoms with E-state index in [1.165, 1.54) is 60.3 Å². The molecule has 0 bridgehead atoms. The van der Waals surface area contributed by atoms with Crippen molar-refractivity contribution in [2.75, 3.05) is 18.1 Å². The molecule has 2 aliphatic heterocycles. The molecule has 1 unspecified atom stereocenters. The van der Waals surface area contributed by atoms with Crippen molar-refractivity contribution in [3.05, 3.63) is 41.7 Å². The van der Waals surface area contributed by atoms with E-state index < -0.39 is 103 Å². The van der Waals surface area contributed by atoms with Crippen LogP contribution in [0, 0.1) is 11.3 Å². The van der Waals surface area contributed by atoms with Crippen molar-refractivity contribution in [2.24, 2.45) is 17.1 Å². The standard InChI is InChI=1S/C40H56N8O10S2/c1-38(2,54)32-23-42-46-48(32)28-20-31(36(52)44-40(33(49)34(41)50)15-17-59(55,56)18-16-40)47(24-28)37(53)30(19-25-7-4-3-5-8-25)43-35(51)26-9-11-29(12-10-26)60(57,58)45-27-21-39(22-27)13-6-14-39/h9-12,23,25,27-28,30-31,45,54H,3-8,13-22,24H2,1-2H3,(H2,41,50)(H,43,51)(H,44,52)/t28-,30?,31-/m0/s1. The van der Waals surface area contributed by atoms with Crippen LogP contribution in [-0.4, -0.2) is 113 Å². The molecule has 5 aliphatic rings. The van der Waals surface area contributed by atoms with Crippen LogP contribution in [-0.2, 0) is 44.6 Å². The lowest BCUT2D eigenvalue weighted by molar-refractivity contribution is -0.145. The van der Waals surface area contributed by atoms with E-state index in [0.29, 0.717) is 5.69 Å². The molecule has 3 saturated carbocycles. The summed E-state index contributed by atoms with van der Waals surface area (Å²) < 4.78 is 55.4. The minimum Gasteiger partial charge on any atom is -0.384 e. The lowest BCUT2D eigenvalue weighted by Gasteiger charge is -2.54. The van der Waals surface area contributed by atoms with E-state index in [-0.39, 0.29) is 47.2 Å². The third-order valence-corrected chi connectivity index (χ3v) is 16.7. The second kappa shape index (κ2) is 16.5. The summed E-state index contributed by atoms with van der Waals surface area (Å²) in [6, 6.07) is 2.23. The lowest BCUT2D eigenvalue weighted by Crippen LogP contribution is -2.64. The third kappa shape index (κ3) is 9.16. The highest BCUT2D eigenvalue weighted by Crippen LogP contribution is 2.56. The highest BCUT2D eigenvalue weighted by molar-refractivity contribution is 7.91. The first-order valence-corrected chi connectivity index (χ1v) is 24.2. The molecule has 1 aromatic carbocycles. The van der Waals surface area contributed by atoms with Crippen LogP contribution in [0.3, 0.4) is 0 Å². The van der Waals surface area contributed by atoms with E-state index in [9.17, 15) is 45.9 Å². The summed E-state index contributed by atoms with van der Waals surface area (Å²) in [4.78, 5) is 70.1. The van der Waals surface area contributed by atoms with Gasteiger partial charge in [0.05, 0.1) is 34.3 Å². The second-order valence-electron chi connectivity index (χ2n) is 18.3. The molecule has 2 aromatic rings. The van der Waals surface area contributed by atoms with Gasteiger partial charge in [-0.15, -0.1) is 5.10 Å². The average molecular weight is 873 g/mol. The van der Waals surface area contributed by atoms with E-state index in [1.807, 2.05) is 0 Å². The van der Waals surface area contributed by atoms with Gasteiger partial charge in [-0.1, -0.05) is 43.7 Å². The maximum absolute atomic E-state index is 14.9. The quantitative estimate of drug-likeness (QED) is 0.167. The Hall–Kier alpha value is -4.27. The van der Waals surface area contributed by atoms with Gasteiger partial charge in [-0.25, -0.2) is 26.2 Å². The molecular formula is C40H56N8O10S2. The van der Waals surface area contributed by atoms with Gasteiger partial charge in [0.15, 0.2) is 9.84 Å². The van der Waals surface area contributed by atoms with E-state index in [0.717, 1.165) is 57.8 Å². The predicted molar refractivity (Wildman–Crippen MR) is 216 cm³/mol. The molecule has 0 radical (unpaired) electrons. The maximum Gasteiger partial charge on any atom is 0.287 e. The number of Topliss-reactive ketones (excluding diaryl/α,β-unsaturated/α-hetero) is 1. The molecule has 7 rings (SSSR count). The summed E-state index contributed by atoms with van der Waals surface area (Å²) in [5, 5.41) is 24.6.